The molecule has 0 fully saturated rings. The van der Waals surface area contributed by atoms with Crippen molar-refractivity contribution in [3.05, 3.63) is 17.0 Å². The summed E-state index contributed by atoms with van der Waals surface area (Å²) in [6, 6.07) is 1.75. The molecule has 62 valence electrons. The number of imidazole rings is 1. The molecule has 12 heavy (non-hydrogen) atoms. The lowest BCUT2D eigenvalue weighted by atomic mass is 10.4. The van der Waals surface area contributed by atoms with E-state index in [2.05, 4.69) is 25.9 Å². The summed E-state index contributed by atoms with van der Waals surface area (Å²) in [4.78, 5) is 8.21. The third-order valence-electron chi connectivity index (χ3n) is 1.73. The highest BCUT2D eigenvalue weighted by atomic mass is 79.9. The van der Waals surface area contributed by atoms with Gasteiger partial charge in [0.1, 0.15) is 5.82 Å². The molecule has 0 aliphatic rings. The van der Waals surface area contributed by atoms with E-state index in [0.29, 0.717) is 5.82 Å². The van der Waals surface area contributed by atoms with Gasteiger partial charge in [-0.3, -0.25) is 0 Å². The molecule has 0 amide bonds. The van der Waals surface area contributed by atoms with Gasteiger partial charge in [0.15, 0.2) is 4.73 Å². The minimum atomic E-state index is 0.494. The number of fused-ring (bicyclic) bond motifs is 1. The summed E-state index contributed by atoms with van der Waals surface area (Å²) in [7, 11) is 1.91. The molecule has 0 spiro atoms. The maximum absolute atomic E-state index is 5.51. The number of pyridine rings is 1. The maximum Gasteiger partial charge on any atom is 0.177 e. The minimum Gasteiger partial charge on any atom is -0.384 e. The minimum absolute atomic E-state index is 0.494. The van der Waals surface area contributed by atoms with Crippen molar-refractivity contribution in [1.29, 1.82) is 0 Å². The standard InChI is InChI=1S/C7H7BrN4/c1-12-5-3-10-6(9)2-4(5)11-7(12)8/h2-3H,1H3,(H2,9,10). The summed E-state index contributed by atoms with van der Waals surface area (Å²) >= 11 is 3.32. The van der Waals surface area contributed by atoms with Crippen LogP contribution in [-0.2, 0) is 7.05 Å². The Morgan fingerprint density at radius 2 is 2.33 bits per heavy atom. The van der Waals surface area contributed by atoms with Crippen LogP contribution in [0.2, 0.25) is 0 Å². The van der Waals surface area contributed by atoms with Gasteiger partial charge in [0.25, 0.3) is 0 Å². The van der Waals surface area contributed by atoms with Crippen molar-refractivity contribution in [2.24, 2.45) is 7.05 Å². The maximum atomic E-state index is 5.51. The highest BCUT2D eigenvalue weighted by Crippen LogP contribution is 2.18. The first-order valence-electron chi connectivity index (χ1n) is 3.42. The van der Waals surface area contributed by atoms with Gasteiger partial charge in [-0.05, 0) is 15.9 Å². The number of anilines is 1. The van der Waals surface area contributed by atoms with Gasteiger partial charge in [0, 0.05) is 13.1 Å². The monoisotopic (exact) mass is 226 g/mol. The second-order valence-corrected chi connectivity index (χ2v) is 3.25. The molecule has 0 radical (unpaired) electrons. The van der Waals surface area contributed by atoms with Crippen LogP contribution < -0.4 is 5.73 Å². The summed E-state index contributed by atoms with van der Waals surface area (Å²) in [5, 5.41) is 0. The number of nitrogens with zero attached hydrogens (tertiary/aromatic N) is 3. The summed E-state index contributed by atoms with van der Waals surface area (Å²) in [5.74, 6) is 0.494. The lowest BCUT2D eigenvalue weighted by Gasteiger charge is -1.94. The summed E-state index contributed by atoms with van der Waals surface area (Å²) < 4.78 is 2.69. The molecule has 4 nitrogen and oxygen atoms in total. The zero-order valence-electron chi connectivity index (χ0n) is 6.45. The Morgan fingerprint density at radius 3 is 3.08 bits per heavy atom. The van der Waals surface area contributed by atoms with Crippen LogP contribution in [0.1, 0.15) is 0 Å². The van der Waals surface area contributed by atoms with E-state index in [-0.39, 0.29) is 0 Å². The number of aryl methyl sites for hydroxylation is 1. The first kappa shape index (κ1) is 7.54. The van der Waals surface area contributed by atoms with Crippen molar-refractivity contribution < 1.29 is 0 Å². The number of rotatable bonds is 0. The third-order valence-corrected chi connectivity index (χ3v) is 2.44. The fourth-order valence-electron chi connectivity index (χ4n) is 1.07. The number of hydrogen-bond acceptors (Lipinski definition) is 3. The molecule has 0 saturated carbocycles. The lowest BCUT2D eigenvalue weighted by molar-refractivity contribution is 0.910. The second kappa shape index (κ2) is 2.45. The SMILES string of the molecule is Cn1c(Br)nc2cc(N)ncc21. The van der Waals surface area contributed by atoms with Crippen LogP contribution in [0, 0.1) is 0 Å². The third kappa shape index (κ3) is 0.972. The second-order valence-electron chi connectivity index (χ2n) is 2.54. The molecular formula is C7H7BrN4. The van der Waals surface area contributed by atoms with Crippen LogP contribution in [0.5, 0.6) is 0 Å². The van der Waals surface area contributed by atoms with Crippen molar-refractivity contribution >= 4 is 32.8 Å². The Kier molecular flexibility index (Phi) is 1.54. The molecular weight excluding hydrogens is 220 g/mol. The van der Waals surface area contributed by atoms with Gasteiger partial charge in [0.2, 0.25) is 0 Å². The molecule has 5 heteroatoms. The van der Waals surface area contributed by atoms with Crippen molar-refractivity contribution in [1.82, 2.24) is 14.5 Å². The van der Waals surface area contributed by atoms with Crippen molar-refractivity contribution in [3.8, 4) is 0 Å². The Balaban J connectivity index is 2.87. The van der Waals surface area contributed by atoms with E-state index in [0.717, 1.165) is 15.8 Å². The van der Waals surface area contributed by atoms with Crippen LogP contribution in [0.3, 0.4) is 0 Å². The molecule has 0 atom stereocenters. The summed E-state index contributed by atoms with van der Waals surface area (Å²) in [5.41, 5.74) is 7.33. The molecule has 0 saturated heterocycles. The van der Waals surface area contributed by atoms with Gasteiger partial charge < -0.3 is 10.3 Å². The smallest absolute Gasteiger partial charge is 0.177 e. The van der Waals surface area contributed by atoms with Gasteiger partial charge >= 0.3 is 0 Å². The highest BCUT2D eigenvalue weighted by Gasteiger charge is 2.04. The van der Waals surface area contributed by atoms with Gasteiger partial charge in [-0.1, -0.05) is 0 Å². The van der Waals surface area contributed by atoms with Crippen LogP contribution in [0.15, 0.2) is 17.0 Å². The first-order valence-corrected chi connectivity index (χ1v) is 4.21. The van der Waals surface area contributed by atoms with Crippen molar-refractivity contribution in [3.63, 3.8) is 0 Å². The summed E-state index contributed by atoms with van der Waals surface area (Å²) in [6.45, 7) is 0. The van der Waals surface area contributed by atoms with Crippen LogP contribution >= 0.6 is 15.9 Å². The number of halogens is 1. The zero-order chi connectivity index (χ0) is 8.72. The first-order chi connectivity index (χ1) is 5.68. The number of hydrogen-bond donors (Lipinski definition) is 1. The average molecular weight is 227 g/mol. The van der Waals surface area contributed by atoms with Gasteiger partial charge in [-0.2, -0.15) is 0 Å². The topological polar surface area (TPSA) is 56.7 Å². The highest BCUT2D eigenvalue weighted by molar-refractivity contribution is 9.10. The molecule has 2 N–H and O–H groups in total. The molecule has 2 heterocycles. The molecule has 2 aromatic rings. The number of nitrogens with two attached hydrogens (primary N) is 1. The Labute approximate surface area is 77.5 Å². The van der Waals surface area contributed by atoms with Gasteiger partial charge in [0.05, 0.1) is 17.2 Å². The molecule has 0 bridgehead atoms. The molecule has 2 aromatic heterocycles. The fourth-order valence-corrected chi connectivity index (χ4v) is 1.46. The fraction of sp³-hybridized carbons (Fsp3) is 0.143. The predicted molar refractivity (Wildman–Crippen MR) is 50.6 cm³/mol. The largest absolute Gasteiger partial charge is 0.384 e. The van der Waals surface area contributed by atoms with Crippen LogP contribution in [0.25, 0.3) is 11.0 Å². The Hall–Kier alpha value is -1.10. The van der Waals surface area contributed by atoms with E-state index < -0.39 is 0 Å². The normalized spacial score (nSPS) is 10.8. The predicted octanol–water partition coefficient (Wildman–Crippen LogP) is 1.31. The Bertz CT molecular complexity index is 434. The molecule has 0 aliphatic heterocycles. The van der Waals surface area contributed by atoms with Gasteiger partial charge in [-0.25, -0.2) is 9.97 Å². The van der Waals surface area contributed by atoms with E-state index in [9.17, 15) is 0 Å². The molecule has 0 aromatic carbocycles. The Morgan fingerprint density at radius 1 is 1.58 bits per heavy atom. The van der Waals surface area contributed by atoms with E-state index in [1.807, 2.05) is 11.6 Å². The molecule has 2 rings (SSSR count). The van der Waals surface area contributed by atoms with E-state index >= 15 is 0 Å². The number of nitrogen functional groups attached to an aromatic ring is 1. The average Bonchev–Trinajstić information content (AvgIpc) is 2.28. The number of aromatic nitrogens is 3. The van der Waals surface area contributed by atoms with E-state index in [1.165, 1.54) is 0 Å². The van der Waals surface area contributed by atoms with Crippen LogP contribution in [-0.4, -0.2) is 14.5 Å². The molecule has 0 aliphatic carbocycles. The quantitative estimate of drug-likeness (QED) is 0.738. The van der Waals surface area contributed by atoms with E-state index in [4.69, 9.17) is 5.73 Å². The zero-order valence-corrected chi connectivity index (χ0v) is 8.04. The van der Waals surface area contributed by atoms with Gasteiger partial charge in [-0.15, -0.1) is 0 Å². The van der Waals surface area contributed by atoms with E-state index in [1.54, 1.807) is 12.3 Å². The van der Waals surface area contributed by atoms with Crippen molar-refractivity contribution in [2.45, 2.75) is 0 Å². The van der Waals surface area contributed by atoms with Crippen molar-refractivity contribution in [2.75, 3.05) is 5.73 Å². The molecule has 0 unspecified atom stereocenters. The summed E-state index contributed by atoms with van der Waals surface area (Å²) in [6.07, 6.45) is 1.71. The van der Waals surface area contributed by atoms with Crippen LogP contribution in [0.4, 0.5) is 5.82 Å². The lowest BCUT2D eigenvalue weighted by Crippen LogP contribution is -1.90.